The van der Waals surface area contributed by atoms with Crippen molar-refractivity contribution < 1.29 is 4.79 Å². The lowest BCUT2D eigenvalue weighted by atomic mass is 10.2. The van der Waals surface area contributed by atoms with Crippen LogP contribution in [0.1, 0.15) is 62.6 Å². The maximum absolute atomic E-state index is 12.0. The molecule has 0 aliphatic heterocycles. The summed E-state index contributed by atoms with van der Waals surface area (Å²) >= 11 is 5.99. The quantitative estimate of drug-likeness (QED) is 0.889. The van der Waals surface area contributed by atoms with E-state index in [0.29, 0.717) is 17.3 Å². The molecule has 7 heteroatoms. The lowest BCUT2D eigenvalue weighted by Crippen LogP contribution is -2.12. The summed E-state index contributed by atoms with van der Waals surface area (Å²) in [5, 5.41) is 15.8. The predicted molar refractivity (Wildman–Crippen MR) is 95.1 cm³/mol. The molecule has 2 heterocycles. The molecule has 2 aromatic heterocycles. The monoisotopic (exact) mass is 347 g/mol. The van der Waals surface area contributed by atoms with E-state index in [1.807, 2.05) is 33.8 Å². The van der Waals surface area contributed by atoms with E-state index in [1.54, 1.807) is 16.9 Å². The molecule has 2 aromatic rings. The van der Waals surface area contributed by atoms with Gasteiger partial charge >= 0.3 is 0 Å². The van der Waals surface area contributed by atoms with Crippen LogP contribution in [0.3, 0.4) is 0 Å². The van der Waals surface area contributed by atoms with Crippen LogP contribution in [0, 0.1) is 11.3 Å². The minimum atomic E-state index is -0.334. The fourth-order valence-electron chi connectivity index (χ4n) is 1.77. The summed E-state index contributed by atoms with van der Waals surface area (Å²) < 4.78 is 1.77. The van der Waals surface area contributed by atoms with Crippen LogP contribution in [-0.2, 0) is 0 Å². The van der Waals surface area contributed by atoms with Crippen LogP contribution < -0.4 is 5.32 Å². The van der Waals surface area contributed by atoms with Crippen molar-refractivity contribution in [3.05, 3.63) is 40.9 Å². The van der Waals surface area contributed by atoms with Crippen molar-refractivity contribution in [1.82, 2.24) is 14.8 Å². The maximum Gasteiger partial charge on any atom is 0.257 e. The maximum atomic E-state index is 12.0. The van der Waals surface area contributed by atoms with Gasteiger partial charge in [0, 0.05) is 6.20 Å². The highest BCUT2D eigenvalue weighted by Gasteiger charge is 2.26. The summed E-state index contributed by atoms with van der Waals surface area (Å²) in [4.78, 5) is 15.9. The Bertz CT molecular complexity index is 699. The van der Waals surface area contributed by atoms with Gasteiger partial charge in [0.15, 0.2) is 5.15 Å². The number of aromatic nitrogens is 3. The van der Waals surface area contributed by atoms with Crippen molar-refractivity contribution >= 4 is 23.2 Å². The van der Waals surface area contributed by atoms with Crippen LogP contribution in [0.4, 0.5) is 5.69 Å². The molecule has 1 aliphatic rings. The van der Waals surface area contributed by atoms with E-state index >= 15 is 0 Å². The minimum absolute atomic E-state index is 0.265. The second-order valence-corrected chi connectivity index (χ2v) is 4.90. The van der Waals surface area contributed by atoms with Crippen LogP contribution in [-0.4, -0.2) is 20.7 Å². The number of pyridine rings is 1. The number of carbonyl (C=O) groups excluding carboxylic acids is 1. The largest absolute Gasteiger partial charge is 0.318 e. The number of hydrogen-bond acceptors (Lipinski definition) is 4. The number of anilines is 1. The zero-order valence-electron chi connectivity index (χ0n) is 14.4. The highest BCUT2D eigenvalue weighted by molar-refractivity contribution is 6.32. The molecule has 0 spiro atoms. The Morgan fingerprint density at radius 2 is 2.00 bits per heavy atom. The van der Waals surface area contributed by atoms with E-state index in [1.165, 1.54) is 12.3 Å². The van der Waals surface area contributed by atoms with Gasteiger partial charge in [-0.3, -0.25) is 9.48 Å². The van der Waals surface area contributed by atoms with Gasteiger partial charge in [-0.05, 0) is 25.0 Å². The van der Waals surface area contributed by atoms with Crippen LogP contribution in [0.15, 0.2) is 24.5 Å². The third-order valence-electron chi connectivity index (χ3n) is 3.00. The highest BCUT2D eigenvalue weighted by Crippen LogP contribution is 2.36. The Morgan fingerprint density at radius 1 is 1.33 bits per heavy atom. The van der Waals surface area contributed by atoms with Crippen molar-refractivity contribution in [3.8, 4) is 6.07 Å². The Hall–Kier alpha value is -2.39. The summed E-state index contributed by atoms with van der Waals surface area (Å²) in [7, 11) is 0. The molecular weight excluding hydrogens is 326 g/mol. The van der Waals surface area contributed by atoms with Gasteiger partial charge in [0.2, 0.25) is 0 Å². The number of nitrogens with one attached hydrogen (secondary N) is 1. The average molecular weight is 348 g/mol. The third-order valence-corrected chi connectivity index (χ3v) is 3.28. The van der Waals surface area contributed by atoms with E-state index in [-0.39, 0.29) is 16.8 Å². The van der Waals surface area contributed by atoms with Crippen LogP contribution >= 0.6 is 11.6 Å². The molecule has 1 amide bonds. The molecule has 24 heavy (non-hydrogen) atoms. The average Bonchev–Trinajstić information content (AvgIpc) is 3.43. The Balaban J connectivity index is 0.000000671. The number of halogens is 1. The topological polar surface area (TPSA) is 83.6 Å². The Kier molecular flexibility index (Phi) is 7.93. The Morgan fingerprint density at radius 3 is 2.50 bits per heavy atom. The molecule has 1 aliphatic carbocycles. The van der Waals surface area contributed by atoms with E-state index in [9.17, 15) is 4.79 Å². The molecule has 0 saturated heterocycles. The fraction of sp³-hybridized carbons (Fsp3) is 0.412. The summed E-state index contributed by atoms with van der Waals surface area (Å²) in [6.45, 7) is 8.00. The first-order valence-corrected chi connectivity index (χ1v) is 8.47. The van der Waals surface area contributed by atoms with E-state index < -0.39 is 0 Å². The van der Waals surface area contributed by atoms with Gasteiger partial charge in [-0.25, -0.2) is 4.98 Å². The van der Waals surface area contributed by atoms with Gasteiger partial charge in [0.1, 0.15) is 11.8 Å². The molecule has 1 fully saturated rings. The molecule has 0 aromatic carbocycles. The third kappa shape index (κ3) is 5.07. The molecule has 0 bridgehead atoms. The molecule has 128 valence electrons. The minimum Gasteiger partial charge on any atom is -0.318 e. The number of carbonyl (C=O) groups is 1. The number of nitriles is 1. The molecule has 3 rings (SSSR count). The van der Waals surface area contributed by atoms with Crippen molar-refractivity contribution in [1.29, 1.82) is 5.26 Å². The summed E-state index contributed by atoms with van der Waals surface area (Å²) in [6.07, 6.45) is 5.26. The number of amides is 1. The van der Waals surface area contributed by atoms with Crippen molar-refractivity contribution in [2.75, 3.05) is 5.32 Å². The van der Waals surface area contributed by atoms with Crippen LogP contribution in [0.5, 0.6) is 0 Å². The molecule has 1 N–H and O–H groups in total. The van der Waals surface area contributed by atoms with Crippen molar-refractivity contribution in [3.63, 3.8) is 0 Å². The second-order valence-electron chi connectivity index (χ2n) is 4.54. The number of rotatable bonds is 3. The van der Waals surface area contributed by atoms with Gasteiger partial charge in [0.25, 0.3) is 5.91 Å². The smallest absolute Gasteiger partial charge is 0.257 e. The van der Waals surface area contributed by atoms with Gasteiger partial charge < -0.3 is 5.32 Å². The van der Waals surface area contributed by atoms with Gasteiger partial charge in [-0.2, -0.15) is 10.4 Å². The van der Waals surface area contributed by atoms with E-state index in [2.05, 4.69) is 15.4 Å². The van der Waals surface area contributed by atoms with Crippen LogP contribution in [0.25, 0.3) is 0 Å². The summed E-state index contributed by atoms with van der Waals surface area (Å²) in [5.41, 5.74) is 1.10. The molecular formula is C17H22ClN5O. The zero-order chi connectivity index (χ0) is 18.1. The Labute approximate surface area is 147 Å². The number of nitrogens with zero attached hydrogens (tertiary/aromatic N) is 4. The summed E-state index contributed by atoms with van der Waals surface area (Å²) in [6, 6.07) is 5.33. The van der Waals surface area contributed by atoms with E-state index in [0.717, 1.165) is 12.8 Å². The summed E-state index contributed by atoms with van der Waals surface area (Å²) in [5.74, 6) is -0.334. The van der Waals surface area contributed by atoms with Gasteiger partial charge in [-0.1, -0.05) is 39.3 Å². The standard InChI is InChI=1S/C13H10ClN5O.2C2H6/c14-12-11(7-19(18-12)10-3-4-10)17-13(20)8-1-2-9(5-15)16-6-8;2*1-2/h1-2,6-7,10H,3-4H2,(H,17,20);2*1-2H3. The molecule has 6 nitrogen and oxygen atoms in total. The molecule has 1 saturated carbocycles. The lowest BCUT2D eigenvalue weighted by Gasteiger charge is -2.02. The van der Waals surface area contributed by atoms with Crippen molar-refractivity contribution in [2.45, 2.75) is 46.6 Å². The molecule has 0 atom stereocenters. The zero-order valence-corrected chi connectivity index (χ0v) is 15.1. The number of hydrogen-bond donors (Lipinski definition) is 1. The van der Waals surface area contributed by atoms with Crippen molar-refractivity contribution in [2.24, 2.45) is 0 Å². The first-order chi connectivity index (χ1) is 11.7. The second kappa shape index (κ2) is 9.68. The highest BCUT2D eigenvalue weighted by atomic mass is 35.5. The first-order valence-electron chi connectivity index (χ1n) is 8.09. The normalized spacial score (nSPS) is 12.0. The van der Waals surface area contributed by atoms with E-state index in [4.69, 9.17) is 16.9 Å². The lowest BCUT2D eigenvalue weighted by molar-refractivity contribution is 0.102. The predicted octanol–water partition coefficient (Wildman–Crippen LogP) is 4.44. The fourth-order valence-corrected chi connectivity index (χ4v) is 1.95. The molecule has 0 unspecified atom stereocenters. The molecule has 0 radical (unpaired) electrons. The SMILES string of the molecule is CC.CC.N#Cc1ccc(C(=O)Nc2cn(C3CC3)nc2Cl)cn1. The van der Waals surface area contributed by atoms with Gasteiger partial charge in [0.05, 0.1) is 23.5 Å². The van der Waals surface area contributed by atoms with Crippen LogP contribution in [0.2, 0.25) is 5.15 Å². The van der Waals surface area contributed by atoms with Gasteiger partial charge in [-0.15, -0.1) is 0 Å². The first kappa shape index (κ1) is 19.7.